The van der Waals surface area contributed by atoms with Gasteiger partial charge in [0.25, 0.3) is 5.91 Å². The molecule has 2 aromatic rings. The molecule has 1 atom stereocenters. The quantitative estimate of drug-likeness (QED) is 0.841. The topological polar surface area (TPSA) is 33.5 Å². The molecule has 2 rings (SSSR count). The predicted molar refractivity (Wildman–Crippen MR) is 77.8 cm³/mol. The number of benzene rings is 1. The molecule has 0 radical (unpaired) electrons. The highest BCUT2D eigenvalue weighted by Crippen LogP contribution is 2.31. The third-order valence-corrected chi connectivity index (χ3v) is 3.98. The molecule has 4 heteroatoms. The number of fused-ring (bicyclic) bond motifs is 1. The maximum absolute atomic E-state index is 12.4. The van der Waals surface area contributed by atoms with Gasteiger partial charge in [-0.3, -0.25) is 4.79 Å². The van der Waals surface area contributed by atoms with Crippen molar-refractivity contribution in [2.75, 3.05) is 7.05 Å². The van der Waals surface area contributed by atoms with Crippen LogP contribution in [0.3, 0.4) is 0 Å². The summed E-state index contributed by atoms with van der Waals surface area (Å²) in [7, 11) is 1.80. The third kappa shape index (κ3) is 2.35. The first-order valence-electron chi connectivity index (χ1n) is 6.42. The highest BCUT2D eigenvalue weighted by atomic mass is 35.5. The minimum Gasteiger partial charge on any atom is -0.449 e. The Morgan fingerprint density at radius 2 is 2.16 bits per heavy atom. The number of halogens is 1. The van der Waals surface area contributed by atoms with E-state index in [4.69, 9.17) is 16.0 Å². The predicted octanol–water partition coefficient (Wildman–Crippen LogP) is 4.27. The zero-order valence-corrected chi connectivity index (χ0v) is 12.4. The fourth-order valence-corrected chi connectivity index (χ4v) is 2.26. The van der Waals surface area contributed by atoms with Crippen molar-refractivity contribution >= 4 is 28.5 Å². The van der Waals surface area contributed by atoms with E-state index >= 15 is 0 Å². The van der Waals surface area contributed by atoms with Crippen molar-refractivity contribution in [2.24, 2.45) is 0 Å². The summed E-state index contributed by atoms with van der Waals surface area (Å²) < 4.78 is 5.68. The van der Waals surface area contributed by atoms with Gasteiger partial charge in [-0.25, -0.2) is 0 Å². The summed E-state index contributed by atoms with van der Waals surface area (Å²) in [6.45, 7) is 5.96. The standard InChI is InChI=1S/C15H18ClNO2/c1-5-9(2)17(4)15(18)13-10(3)11-7-6-8-12(16)14(11)19-13/h6-9H,5H2,1-4H3. The first-order valence-corrected chi connectivity index (χ1v) is 6.80. The Bertz CT molecular complexity index is 618. The SMILES string of the molecule is CCC(C)N(C)C(=O)c1oc2c(Cl)cccc2c1C. The smallest absolute Gasteiger partial charge is 0.289 e. The number of amides is 1. The molecule has 0 N–H and O–H groups in total. The van der Waals surface area contributed by atoms with Crippen LogP contribution in [0.2, 0.25) is 5.02 Å². The highest BCUT2D eigenvalue weighted by molar-refractivity contribution is 6.35. The average Bonchev–Trinajstić information content (AvgIpc) is 2.75. The van der Waals surface area contributed by atoms with Gasteiger partial charge in [0.2, 0.25) is 0 Å². The summed E-state index contributed by atoms with van der Waals surface area (Å²) >= 11 is 6.10. The molecule has 0 saturated heterocycles. The Labute approximate surface area is 118 Å². The molecule has 0 aliphatic rings. The second-order valence-corrected chi connectivity index (χ2v) is 5.25. The molecular formula is C15H18ClNO2. The summed E-state index contributed by atoms with van der Waals surface area (Å²) in [4.78, 5) is 14.1. The van der Waals surface area contributed by atoms with Gasteiger partial charge in [0, 0.05) is 24.0 Å². The van der Waals surface area contributed by atoms with Gasteiger partial charge in [0.05, 0.1) is 5.02 Å². The maximum Gasteiger partial charge on any atom is 0.289 e. The number of hydrogen-bond donors (Lipinski definition) is 0. The van der Waals surface area contributed by atoms with Crippen molar-refractivity contribution in [3.63, 3.8) is 0 Å². The first-order chi connectivity index (χ1) is 8.97. The zero-order chi connectivity index (χ0) is 14.2. The van der Waals surface area contributed by atoms with E-state index in [2.05, 4.69) is 6.92 Å². The molecule has 0 bridgehead atoms. The van der Waals surface area contributed by atoms with Crippen LogP contribution in [0.15, 0.2) is 22.6 Å². The molecule has 0 fully saturated rings. The molecule has 3 nitrogen and oxygen atoms in total. The highest BCUT2D eigenvalue weighted by Gasteiger charge is 2.23. The normalized spacial score (nSPS) is 12.7. The maximum atomic E-state index is 12.4. The molecule has 102 valence electrons. The van der Waals surface area contributed by atoms with E-state index in [0.717, 1.165) is 17.4 Å². The lowest BCUT2D eigenvalue weighted by Crippen LogP contribution is -2.34. The van der Waals surface area contributed by atoms with E-state index in [-0.39, 0.29) is 11.9 Å². The summed E-state index contributed by atoms with van der Waals surface area (Å²) in [5, 5.41) is 1.43. The minimum absolute atomic E-state index is 0.0980. The number of para-hydroxylation sites is 1. The van der Waals surface area contributed by atoms with Gasteiger partial charge in [-0.05, 0) is 26.3 Å². The summed E-state index contributed by atoms with van der Waals surface area (Å²) in [5.74, 6) is 0.282. The van der Waals surface area contributed by atoms with E-state index in [0.29, 0.717) is 16.4 Å². The van der Waals surface area contributed by atoms with Crippen molar-refractivity contribution in [3.05, 3.63) is 34.5 Å². The molecule has 1 amide bonds. The zero-order valence-electron chi connectivity index (χ0n) is 11.7. The largest absolute Gasteiger partial charge is 0.449 e. The Kier molecular flexibility index (Phi) is 3.85. The second-order valence-electron chi connectivity index (χ2n) is 4.85. The van der Waals surface area contributed by atoms with Crippen molar-refractivity contribution in [3.8, 4) is 0 Å². The number of carbonyl (C=O) groups is 1. The lowest BCUT2D eigenvalue weighted by molar-refractivity contribution is 0.0710. The lowest BCUT2D eigenvalue weighted by atomic mass is 10.1. The molecule has 1 aromatic carbocycles. The van der Waals surface area contributed by atoms with Crippen LogP contribution >= 0.6 is 11.6 Å². The molecule has 19 heavy (non-hydrogen) atoms. The van der Waals surface area contributed by atoms with Crippen molar-refractivity contribution in [1.82, 2.24) is 4.90 Å². The first kappa shape index (κ1) is 13.9. The fourth-order valence-electron chi connectivity index (χ4n) is 2.05. The Hall–Kier alpha value is -1.48. The Morgan fingerprint density at radius 3 is 2.74 bits per heavy atom. The number of nitrogens with zero attached hydrogens (tertiary/aromatic N) is 1. The van der Waals surface area contributed by atoms with Gasteiger partial charge in [-0.15, -0.1) is 0 Å². The number of hydrogen-bond acceptors (Lipinski definition) is 2. The van der Waals surface area contributed by atoms with Crippen LogP contribution in [0.25, 0.3) is 11.0 Å². The molecule has 1 unspecified atom stereocenters. The lowest BCUT2D eigenvalue weighted by Gasteiger charge is -2.22. The summed E-state index contributed by atoms with van der Waals surface area (Å²) in [5.41, 5.74) is 1.43. The van der Waals surface area contributed by atoms with Crippen LogP contribution in [0.1, 0.15) is 36.4 Å². The second kappa shape index (κ2) is 5.25. The van der Waals surface area contributed by atoms with Crippen LogP contribution in [0.5, 0.6) is 0 Å². The van der Waals surface area contributed by atoms with E-state index in [9.17, 15) is 4.79 Å². The Balaban J connectivity index is 2.49. The number of aryl methyl sites for hydroxylation is 1. The van der Waals surface area contributed by atoms with Gasteiger partial charge in [-0.1, -0.05) is 30.7 Å². The molecule has 1 aromatic heterocycles. The molecule has 0 aliphatic heterocycles. The number of furan rings is 1. The molecule has 0 saturated carbocycles. The van der Waals surface area contributed by atoms with E-state index in [1.807, 2.05) is 26.0 Å². The van der Waals surface area contributed by atoms with E-state index < -0.39 is 0 Å². The summed E-state index contributed by atoms with van der Waals surface area (Å²) in [6.07, 6.45) is 0.905. The van der Waals surface area contributed by atoms with Crippen LogP contribution in [0.4, 0.5) is 0 Å². The van der Waals surface area contributed by atoms with Crippen molar-refractivity contribution in [2.45, 2.75) is 33.2 Å². The van der Waals surface area contributed by atoms with Crippen LogP contribution in [0, 0.1) is 6.92 Å². The number of rotatable bonds is 3. The van der Waals surface area contributed by atoms with E-state index in [1.54, 1.807) is 18.0 Å². The van der Waals surface area contributed by atoms with Gasteiger partial charge >= 0.3 is 0 Å². The molecule has 1 heterocycles. The molecule has 0 aliphatic carbocycles. The van der Waals surface area contributed by atoms with Gasteiger partial charge < -0.3 is 9.32 Å². The van der Waals surface area contributed by atoms with Crippen molar-refractivity contribution in [1.29, 1.82) is 0 Å². The van der Waals surface area contributed by atoms with Crippen LogP contribution < -0.4 is 0 Å². The molecule has 0 spiro atoms. The van der Waals surface area contributed by atoms with Crippen LogP contribution in [-0.2, 0) is 0 Å². The summed E-state index contributed by atoms with van der Waals surface area (Å²) in [6, 6.07) is 5.72. The van der Waals surface area contributed by atoms with Gasteiger partial charge in [0.15, 0.2) is 11.3 Å². The fraction of sp³-hybridized carbons (Fsp3) is 0.400. The van der Waals surface area contributed by atoms with E-state index in [1.165, 1.54) is 0 Å². The van der Waals surface area contributed by atoms with Crippen LogP contribution in [-0.4, -0.2) is 23.9 Å². The van der Waals surface area contributed by atoms with Gasteiger partial charge in [0.1, 0.15) is 0 Å². The molecular weight excluding hydrogens is 262 g/mol. The van der Waals surface area contributed by atoms with Gasteiger partial charge in [-0.2, -0.15) is 0 Å². The number of carbonyl (C=O) groups excluding carboxylic acids is 1. The third-order valence-electron chi connectivity index (χ3n) is 3.68. The van der Waals surface area contributed by atoms with Crippen molar-refractivity contribution < 1.29 is 9.21 Å². The monoisotopic (exact) mass is 279 g/mol. The Morgan fingerprint density at radius 1 is 1.47 bits per heavy atom. The minimum atomic E-state index is -0.0980. The average molecular weight is 280 g/mol.